The van der Waals surface area contributed by atoms with Crippen LogP contribution in [-0.2, 0) is 6.42 Å². The van der Waals surface area contributed by atoms with E-state index in [1.54, 1.807) is 28.0 Å². The van der Waals surface area contributed by atoms with Crippen molar-refractivity contribution in [2.45, 2.75) is 18.5 Å². The minimum Gasteiger partial charge on any atom is -0.425 e. The highest BCUT2D eigenvalue weighted by Crippen LogP contribution is 2.48. The van der Waals surface area contributed by atoms with Gasteiger partial charge < -0.3 is 4.74 Å². The molecule has 1 aliphatic rings. The monoisotopic (exact) mass is 575 g/mol. The molecule has 2 atom stereocenters. The highest BCUT2D eigenvalue weighted by atomic mass is 35.5. The van der Waals surface area contributed by atoms with Crippen molar-refractivity contribution < 1.29 is 4.74 Å². The number of hydrogen-bond acceptors (Lipinski definition) is 5. The van der Waals surface area contributed by atoms with E-state index >= 15 is 0 Å². The number of para-hydroxylation sites is 1. The minimum absolute atomic E-state index is 0.0220. The normalized spacial score (nSPS) is 16.9. The van der Waals surface area contributed by atoms with Gasteiger partial charge in [-0.2, -0.15) is 4.98 Å². The molecule has 202 valence electrons. The molecule has 0 amide bonds. The van der Waals surface area contributed by atoms with Crippen molar-refractivity contribution >= 4 is 33.2 Å². The van der Waals surface area contributed by atoms with Crippen LogP contribution in [0.3, 0.4) is 0 Å². The van der Waals surface area contributed by atoms with Gasteiger partial charge in [-0.15, -0.1) is 11.3 Å². The summed E-state index contributed by atoms with van der Waals surface area (Å²) in [5.41, 5.74) is 3.95. The second kappa shape index (κ2) is 10.6. The summed E-state index contributed by atoms with van der Waals surface area (Å²) in [6.45, 7) is 0. The Labute approximate surface area is 246 Å². The molecule has 2 aromatic heterocycles. The number of rotatable bonds is 5. The summed E-state index contributed by atoms with van der Waals surface area (Å²) in [5, 5.41) is 1.24. The molecule has 0 radical (unpaired) electrons. The van der Waals surface area contributed by atoms with Gasteiger partial charge in [-0.1, -0.05) is 90.5 Å². The summed E-state index contributed by atoms with van der Waals surface area (Å²) in [4.78, 5) is 23.8. The van der Waals surface area contributed by atoms with E-state index in [2.05, 4.69) is 60.5 Å². The SMILES string of the molecule is CN1C(c2ccccc2)Cc2c(sc3nc(Oc4ccccc4)n(-c4ccc(Cl)cc4)c(=O)c23)C1c1ccccc1. The maximum Gasteiger partial charge on any atom is 0.310 e. The molecule has 0 spiro atoms. The van der Waals surface area contributed by atoms with Crippen molar-refractivity contribution in [1.82, 2.24) is 14.5 Å². The van der Waals surface area contributed by atoms with Gasteiger partial charge >= 0.3 is 6.01 Å². The summed E-state index contributed by atoms with van der Waals surface area (Å²) in [6.07, 6.45) is 0.704. The van der Waals surface area contributed by atoms with Gasteiger partial charge in [-0.3, -0.25) is 9.69 Å². The van der Waals surface area contributed by atoms with Crippen molar-refractivity contribution in [3.05, 3.63) is 152 Å². The first-order chi connectivity index (χ1) is 20.1. The largest absolute Gasteiger partial charge is 0.425 e. The van der Waals surface area contributed by atoms with Crippen LogP contribution in [0.4, 0.5) is 0 Å². The molecule has 0 N–H and O–H groups in total. The Morgan fingerprint density at radius 3 is 2.10 bits per heavy atom. The summed E-state index contributed by atoms with van der Waals surface area (Å²) in [6, 6.07) is 37.9. The average molecular weight is 576 g/mol. The van der Waals surface area contributed by atoms with E-state index in [1.807, 2.05) is 54.6 Å². The first-order valence-electron chi connectivity index (χ1n) is 13.5. The van der Waals surface area contributed by atoms with E-state index in [-0.39, 0.29) is 23.7 Å². The average Bonchev–Trinajstić information content (AvgIpc) is 3.37. The van der Waals surface area contributed by atoms with Crippen LogP contribution in [0.1, 0.15) is 33.7 Å². The Morgan fingerprint density at radius 2 is 1.44 bits per heavy atom. The second-order valence-electron chi connectivity index (χ2n) is 10.2. The number of aromatic nitrogens is 2. The molecule has 5 nitrogen and oxygen atoms in total. The Morgan fingerprint density at radius 1 is 0.829 bits per heavy atom. The maximum atomic E-state index is 14.5. The van der Waals surface area contributed by atoms with Crippen LogP contribution in [0.2, 0.25) is 5.02 Å². The number of thiophene rings is 1. The van der Waals surface area contributed by atoms with Gasteiger partial charge in [0.25, 0.3) is 5.56 Å². The highest BCUT2D eigenvalue weighted by molar-refractivity contribution is 7.19. The van der Waals surface area contributed by atoms with Gasteiger partial charge in [0.15, 0.2) is 0 Å². The van der Waals surface area contributed by atoms with Crippen LogP contribution in [0.25, 0.3) is 15.9 Å². The Kier molecular flexibility index (Phi) is 6.67. The maximum absolute atomic E-state index is 14.5. The molecule has 0 saturated carbocycles. The predicted molar refractivity (Wildman–Crippen MR) is 166 cm³/mol. The van der Waals surface area contributed by atoms with Crippen molar-refractivity contribution in [1.29, 1.82) is 0 Å². The van der Waals surface area contributed by atoms with Gasteiger partial charge in [-0.05, 0) is 66.6 Å². The van der Waals surface area contributed by atoms with Crippen molar-refractivity contribution in [2.24, 2.45) is 0 Å². The molecule has 6 aromatic rings. The van der Waals surface area contributed by atoms with Crippen LogP contribution in [0, 0.1) is 0 Å². The van der Waals surface area contributed by atoms with E-state index in [0.717, 1.165) is 10.4 Å². The third-order valence-electron chi connectivity index (χ3n) is 7.71. The molecule has 0 aliphatic carbocycles. The van der Waals surface area contributed by atoms with Crippen molar-refractivity contribution in [2.75, 3.05) is 7.05 Å². The second-order valence-corrected chi connectivity index (χ2v) is 11.6. The fraction of sp³-hybridized carbons (Fsp3) is 0.118. The van der Waals surface area contributed by atoms with Gasteiger partial charge in [0.2, 0.25) is 0 Å². The molecule has 4 aromatic carbocycles. The molecular formula is C34H26ClN3O2S. The quantitative estimate of drug-likeness (QED) is 0.208. The van der Waals surface area contributed by atoms with Gasteiger partial charge in [0, 0.05) is 15.9 Å². The first kappa shape index (κ1) is 25.7. The van der Waals surface area contributed by atoms with Crippen LogP contribution < -0.4 is 10.3 Å². The zero-order valence-corrected chi connectivity index (χ0v) is 23.8. The van der Waals surface area contributed by atoms with Crippen LogP contribution in [0.15, 0.2) is 120 Å². The third kappa shape index (κ3) is 4.64. The van der Waals surface area contributed by atoms with E-state index in [4.69, 9.17) is 21.3 Å². The molecule has 41 heavy (non-hydrogen) atoms. The van der Waals surface area contributed by atoms with Gasteiger partial charge in [0.1, 0.15) is 10.6 Å². The lowest BCUT2D eigenvalue weighted by atomic mass is 9.87. The zero-order chi connectivity index (χ0) is 27.9. The van der Waals surface area contributed by atoms with Crippen LogP contribution in [-0.4, -0.2) is 21.5 Å². The number of ether oxygens (including phenoxy) is 1. The number of hydrogen-bond donors (Lipinski definition) is 0. The smallest absolute Gasteiger partial charge is 0.310 e. The lowest BCUT2D eigenvalue weighted by Crippen LogP contribution is -2.35. The molecular weight excluding hydrogens is 550 g/mol. The van der Waals surface area contributed by atoms with Crippen LogP contribution in [0.5, 0.6) is 11.8 Å². The van der Waals surface area contributed by atoms with E-state index in [0.29, 0.717) is 33.1 Å². The summed E-state index contributed by atoms with van der Waals surface area (Å²) >= 11 is 7.79. The third-order valence-corrected chi connectivity index (χ3v) is 9.14. The topological polar surface area (TPSA) is 47.4 Å². The lowest BCUT2D eigenvalue weighted by molar-refractivity contribution is 0.185. The first-order valence-corrected chi connectivity index (χ1v) is 14.7. The standard InChI is InChI=1S/C34H26ClN3O2S/c1-37-28(22-11-5-2-6-12-22)21-27-29-32(41-31(27)30(37)23-13-7-3-8-14-23)36-34(40-26-15-9-4-10-16-26)38(33(29)39)25-19-17-24(35)18-20-25/h2-20,28,30H,21H2,1H3. The minimum atomic E-state index is -0.149. The van der Waals surface area contributed by atoms with Crippen LogP contribution >= 0.6 is 22.9 Å². The summed E-state index contributed by atoms with van der Waals surface area (Å²) < 4.78 is 7.81. The number of halogens is 1. The zero-order valence-electron chi connectivity index (χ0n) is 22.3. The molecule has 0 bridgehead atoms. The Bertz CT molecular complexity index is 1890. The molecule has 7 rings (SSSR count). The molecule has 0 fully saturated rings. The molecule has 2 unspecified atom stereocenters. The van der Waals surface area contributed by atoms with E-state index < -0.39 is 0 Å². The Balaban J connectivity index is 1.49. The molecule has 0 saturated heterocycles. The van der Waals surface area contributed by atoms with E-state index in [1.165, 1.54) is 11.1 Å². The summed E-state index contributed by atoms with van der Waals surface area (Å²) in [5.74, 6) is 0.605. The molecule has 1 aliphatic heterocycles. The van der Waals surface area contributed by atoms with Crippen molar-refractivity contribution in [3.8, 4) is 17.4 Å². The number of likely N-dealkylation sites (N-methyl/N-ethyl adjacent to an activating group) is 1. The van der Waals surface area contributed by atoms with Gasteiger partial charge in [-0.25, -0.2) is 4.57 Å². The number of fused-ring (bicyclic) bond motifs is 3. The van der Waals surface area contributed by atoms with Crippen molar-refractivity contribution in [3.63, 3.8) is 0 Å². The summed E-state index contributed by atoms with van der Waals surface area (Å²) in [7, 11) is 2.17. The van der Waals surface area contributed by atoms with E-state index in [9.17, 15) is 4.79 Å². The molecule has 7 heteroatoms. The lowest BCUT2D eigenvalue weighted by Gasteiger charge is -2.40. The Hall–Kier alpha value is -4.23. The fourth-order valence-electron chi connectivity index (χ4n) is 5.76. The number of benzene rings is 4. The molecule has 3 heterocycles. The predicted octanol–water partition coefficient (Wildman–Crippen LogP) is 8.21. The van der Waals surface area contributed by atoms with Gasteiger partial charge in [0.05, 0.1) is 17.1 Å². The number of nitrogens with zero attached hydrogens (tertiary/aromatic N) is 3. The fourth-order valence-corrected chi connectivity index (χ4v) is 7.25. The highest BCUT2D eigenvalue weighted by Gasteiger charge is 2.38.